The van der Waals surface area contributed by atoms with E-state index in [0.717, 1.165) is 50.2 Å². The van der Waals surface area contributed by atoms with Gasteiger partial charge in [-0.15, -0.1) is 15.3 Å². The third kappa shape index (κ3) is 4.22. The molecule has 1 saturated carbocycles. The average Bonchev–Trinajstić information content (AvgIpc) is 3.32. The van der Waals surface area contributed by atoms with Crippen molar-refractivity contribution >= 4 is 23.3 Å². The third-order valence-corrected chi connectivity index (χ3v) is 7.17. The second kappa shape index (κ2) is 8.80. The van der Waals surface area contributed by atoms with Crippen LogP contribution in [-0.4, -0.2) is 80.7 Å². The molecule has 2 saturated heterocycles. The minimum Gasteiger partial charge on any atom is -0.355 e. The monoisotopic (exact) mass is 425 g/mol. The van der Waals surface area contributed by atoms with Gasteiger partial charge in [0.25, 0.3) is 0 Å². The average molecular weight is 426 g/mol. The number of carbonyl (C=O) groups is 2. The number of nitrogens with zero attached hydrogens (tertiary/aromatic N) is 7. The van der Waals surface area contributed by atoms with E-state index in [9.17, 15) is 9.59 Å². The van der Waals surface area contributed by atoms with Gasteiger partial charge in [0, 0.05) is 51.1 Å². The molecule has 9 heteroatoms. The molecule has 1 aliphatic carbocycles. The molecule has 0 unspecified atom stereocenters. The van der Waals surface area contributed by atoms with Gasteiger partial charge in [0.2, 0.25) is 11.8 Å². The van der Waals surface area contributed by atoms with Gasteiger partial charge in [0.05, 0.1) is 0 Å². The largest absolute Gasteiger partial charge is 0.355 e. The first-order valence-corrected chi connectivity index (χ1v) is 11.7. The van der Waals surface area contributed by atoms with E-state index in [1.54, 1.807) is 10.8 Å². The number of carbonyl (C=O) groups excluding carboxylic acids is 2. The SMILES string of the molecule is O=C(C1CCCCC1)N1CCN(C(=O)C2CCN(c3ccc4nncn4n3)CC2)CC1. The lowest BCUT2D eigenvalue weighted by Crippen LogP contribution is -2.54. The summed E-state index contributed by atoms with van der Waals surface area (Å²) in [6, 6.07) is 3.88. The van der Waals surface area contributed by atoms with Crippen molar-refractivity contribution in [3.63, 3.8) is 0 Å². The van der Waals surface area contributed by atoms with E-state index in [1.165, 1.54) is 19.3 Å². The molecule has 5 rings (SSSR count). The van der Waals surface area contributed by atoms with Crippen LogP contribution in [0.1, 0.15) is 44.9 Å². The number of hydrogen-bond acceptors (Lipinski definition) is 6. The summed E-state index contributed by atoms with van der Waals surface area (Å²) >= 11 is 0. The molecule has 9 nitrogen and oxygen atoms in total. The van der Waals surface area contributed by atoms with E-state index in [-0.39, 0.29) is 17.7 Å². The van der Waals surface area contributed by atoms with Crippen LogP contribution in [0.15, 0.2) is 18.5 Å². The van der Waals surface area contributed by atoms with Gasteiger partial charge < -0.3 is 14.7 Å². The van der Waals surface area contributed by atoms with Gasteiger partial charge >= 0.3 is 0 Å². The molecule has 2 aliphatic heterocycles. The molecule has 0 spiro atoms. The van der Waals surface area contributed by atoms with Crippen LogP contribution >= 0.6 is 0 Å². The quantitative estimate of drug-likeness (QED) is 0.742. The van der Waals surface area contributed by atoms with Crippen LogP contribution in [0.25, 0.3) is 5.65 Å². The maximum atomic E-state index is 13.1. The van der Waals surface area contributed by atoms with Crippen LogP contribution in [0.5, 0.6) is 0 Å². The lowest BCUT2D eigenvalue weighted by Gasteiger charge is -2.40. The molecule has 0 atom stereocenters. The first-order chi connectivity index (χ1) is 15.2. The smallest absolute Gasteiger partial charge is 0.225 e. The maximum absolute atomic E-state index is 13.1. The highest BCUT2D eigenvalue weighted by atomic mass is 16.2. The molecular weight excluding hydrogens is 394 g/mol. The van der Waals surface area contributed by atoms with Crippen LogP contribution in [-0.2, 0) is 9.59 Å². The fraction of sp³-hybridized carbons (Fsp3) is 0.682. The number of rotatable bonds is 3. The van der Waals surface area contributed by atoms with Gasteiger partial charge in [-0.05, 0) is 37.8 Å². The molecular formula is C22H31N7O2. The van der Waals surface area contributed by atoms with Crippen LogP contribution in [0.2, 0.25) is 0 Å². The maximum Gasteiger partial charge on any atom is 0.225 e. The number of aromatic nitrogens is 4. The molecule has 0 radical (unpaired) electrons. The first kappa shape index (κ1) is 20.2. The van der Waals surface area contributed by atoms with Crippen LogP contribution in [0, 0.1) is 11.8 Å². The molecule has 166 valence electrons. The molecule has 0 bridgehead atoms. The van der Waals surface area contributed by atoms with Crippen molar-refractivity contribution in [3.05, 3.63) is 18.5 Å². The second-order valence-electron chi connectivity index (χ2n) is 9.07. The van der Waals surface area contributed by atoms with Crippen LogP contribution in [0.3, 0.4) is 0 Å². The topological polar surface area (TPSA) is 86.9 Å². The van der Waals surface area contributed by atoms with Crippen molar-refractivity contribution in [1.82, 2.24) is 29.6 Å². The Balaban J connectivity index is 1.11. The van der Waals surface area contributed by atoms with Gasteiger partial charge in [-0.25, -0.2) is 0 Å². The van der Waals surface area contributed by atoms with E-state index in [4.69, 9.17) is 0 Å². The fourth-order valence-electron chi connectivity index (χ4n) is 5.26. The zero-order valence-electron chi connectivity index (χ0n) is 18.0. The summed E-state index contributed by atoms with van der Waals surface area (Å²) in [5.41, 5.74) is 0.731. The third-order valence-electron chi connectivity index (χ3n) is 7.17. The number of piperidine rings is 1. The first-order valence-electron chi connectivity index (χ1n) is 11.7. The summed E-state index contributed by atoms with van der Waals surface area (Å²) in [5, 5.41) is 12.4. The van der Waals surface area contributed by atoms with Gasteiger partial charge in [-0.3, -0.25) is 9.59 Å². The van der Waals surface area contributed by atoms with E-state index in [2.05, 4.69) is 20.2 Å². The zero-order chi connectivity index (χ0) is 21.2. The van der Waals surface area contributed by atoms with Crippen molar-refractivity contribution in [2.45, 2.75) is 44.9 Å². The predicted molar refractivity (Wildman–Crippen MR) is 115 cm³/mol. The Morgan fingerprint density at radius 1 is 0.774 bits per heavy atom. The number of hydrogen-bond donors (Lipinski definition) is 0. The van der Waals surface area contributed by atoms with E-state index in [1.807, 2.05) is 21.9 Å². The molecule has 3 fully saturated rings. The van der Waals surface area contributed by atoms with Crippen LogP contribution < -0.4 is 4.90 Å². The number of anilines is 1. The Bertz CT molecular complexity index is 923. The van der Waals surface area contributed by atoms with E-state index in [0.29, 0.717) is 32.1 Å². The van der Waals surface area contributed by atoms with Crippen molar-refractivity contribution in [1.29, 1.82) is 0 Å². The Hall–Kier alpha value is -2.71. The van der Waals surface area contributed by atoms with Gasteiger partial charge in [0.1, 0.15) is 12.1 Å². The molecule has 0 aromatic carbocycles. The van der Waals surface area contributed by atoms with Crippen molar-refractivity contribution in [2.24, 2.45) is 11.8 Å². The molecule has 2 aromatic rings. The molecule has 3 aliphatic rings. The number of amides is 2. The number of fused-ring (bicyclic) bond motifs is 1. The summed E-state index contributed by atoms with van der Waals surface area (Å²) in [4.78, 5) is 32.1. The molecule has 2 amide bonds. The summed E-state index contributed by atoms with van der Waals surface area (Å²) < 4.78 is 1.68. The lowest BCUT2D eigenvalue weighted by atomic mass is 9.88. The summed E-state index contributed by atoms with van der Waals surface area (Å²) in [6.07, 6.45) is 8.96. The zero-order valence-corrected chi connectivity index (χ0v) is 18.0. The second-order valence-corrected chi connectivity index (χ2v) is 9.07. The van der Waals surface area contributed by atoms with Crippen molar-refractivity contribution in [2.75, 3.05) is 44.2 Å². The summed E-state index contributed by atoms with van der Waals surface area (Å²) in [6.45, 7) is 4.34. The normalized spacial score (nSPS) is 21.6. The Morgan fingerprint density at radius 3 is 2.03 bits per heavy atom. The van der Waals surface area contributed by atoms with Crippen molar-refractivity contribution in [3.8, 4) is 0 Å². The van der Waals surface area contributed by atoms with Gasteiger partial charge in [-0.1, -0.05) is 19.3 Å². The standard InChI is InChI=1S/C22H31N7O2/c30-21(17-4-2-1-3-5-17)27-12-14-28(15-13-27)22(31)18-8-10-26(11-9-18)20-7-6-19-24-23-16-29(19)25-20/h6-7,16-18H,1-5,8-15H2. The predicted octanol–water partition coefficient (Wildman–Crippen LogP) is 1.59. The lowest BCUT2D eigenvalue weighted by molar-refractivity contribution is -0.145. The summed E-state index contributed by atoms with van der Waals surface area (Å²) in [5.74, 6) is 1.75. The van der Waals surface area contributed by atoms with E-state index < -0.39 is 0 Å². The highest BCUT2D eigenvalue weighted by Crippen LogP contribution is 2.27. The van der Waals surface area contributed by atoms with Gasteiger partial charge in [0.15, 0.2) is 5.65 Å². The number of piperazine rings is 1. The summed E-state index contributed by atoms with van der Waals surface area (Å²) in [7, 11) is 0. The van der Waals surface area contributed by atoms with Crippen molar-refractivity contribution < 1.29 is 9.59 Å². The Kier molecular flexibility index (Phi) is 5.74. The highest BCUT2D eigenvalue weighted by molar-refractivity contribution is 5.81. The van der Waals surface area contributed by atoms with E-state index >= 15 is 0 Å². The van der Waals surface area contributed by atoms with Gasteiger partial charge in [-0.2, -0.15) is 4.52 Å². The fourth-order valence-corrected chi connectivity index (χ4v) is 5.26. The molecule has 0 N–H and O–H groups in total. The molecule has 4 heterocycles. The highest BCUT2D eigenvalue weighted by Gasteiger charge is 2.33. The minimum atomic E-state index is 0.0653. The Morgan fingerprint density at radius 2 is 1.39 bits per heavy atom. The van der Waals surface area contributed by atoms with Crippen LogP contribution in [0.4, 0.5) is 5.82 Å². The minimum absolute atomic E-state index is 0.0653. The molecule has 2 aromatic heterocycles. The molecule has 31 heavy (non-hydrogen) atoms. The Labute approximate surface area is 182 Å².